The fraction of sp³-hybridized carbons (Fsp3) is 0.516. The molecule has 2 aromatic rings. The van der Waals surface area contributed by atoms with Gasteiger partial charge >= 0.3 is 11.9 Å². The SMILES string of the molecule is O=C(O)CC1(CC(=O)CCCCCCCC(=O)OCC2c3ccccc3-c3ccccc32)CCCC1. The first-order valence-corrected chi connectivity index (χ1v) is 13.5. The molecule has 1 N–H and O–H groups in total. The zero-order valence-electron chi connectivity index (χ0n) is 21.2. The molecule has 0 atom stereocenters. The molecule has 0 bridgehead atoms. The van der Waals surface area contributed by atoms with E-state index in [-0.39, 0.29) is 29.5 Å². The molecular formula is C31H38O5. The highest BCUT2D eigenvalue weighted by Crippen LogP contribution is 2.45. The Hall–Kier alpha value is -2.95. The Morgan fingerprint density at radius 2 is 1.33 bits per heavy atom. The minimum Gasteiger partial charge on any atom is -0.481 e. The van der Waals surface area contributed by atoms with E-state index in [1.807, 2.05) is 24.3 Å². The number of ketones is 1. The lowest BCUT2D eigenvalue weighted by atomic mass is 9.77. The number of hydrogen-bond donors (Lipinski definition) is 1. The zero-order chi connectivity index (χ0) is 25.4. The van der Waals surface area contributed by atoms with Crippen molar-refractivity contribution in [1.29, 1.82) is 0 Å². The maximum absolute atomic E-state index is 12.4. The standard InChI is InChI=1S/C31H38O5/c32-23(20-31(21-29(33)34)18-10-11-19-31)12-4-2-1-3-5-17-30(35)36-22-28-26-15-8-6-13-24(26)25-14-7-9-16-27(25)28/h6-9,13-16,28H,1-5,10-12,17-22H2,(H,33,34). The van der Waals surface area contributed by atoms with Crippen LogP contribution in [0.1, 0.15) is 101 Å². The molecule has 0 unspecified atom stereocenters. The number of ether oxygens (including phenoxy) is 1. The van der Waals surface area contributed by atoms with E-state index < -0.39 is 5.97 Å². The second-order valence-corrected chi connectivity index (χ2v) is 10.7. The molecule has 5 nitrogen and oxygen atoms in total. The van der Waals surface area contributed by atoms with Crippen molar-refractivity contribution in [2.75, 3.05) is 6.61 Å². The molecule has 192 valence electrons. The number of carboxylic acid groups (broad SMARTS) is 1. The first-order chi connectivity index (χ1) is 17.5. The number of carbonyl (C=O) groups is 3. The summed E-state index contributed by atoms with van der Waals surface area (Å²) in [4.78, 5) is 36.0. The van der Waals surface area contributed by atoms with E-state index in [0.717, 1.165) is 57.8 Å². The Kier molecular flexibility index (Phi) is 8.95. The fourth-order valence-electron chi connectivity index (χ4n) is 6.18. The van der Waals surface area contributed by atoms with E-state index in [9.17, 15) is 19.5 Å². The number of aliphatic carboxylic acids is 1. The van der Waals surface area contributed by atoms with Crippen LogP contribution in [0.5, 0.6) is 0 Å². The van der Waals surface area contributed by atoms with Crippen LogP contribution < -0.4 is 0 Å². The number of esters is 1. The van der Waals surface area contributed by atoms with Crippen molar-refractivity contribution >= 4 is 17.7 Å². The smallest absolute Gasteiger partial charge is 0.305 e. The number of unbranched alkanes of at least 4 members (excludes halogenated alkanes) is 4. The van der Waals surface area contributed by atoms with Crippen molar-refractivity contribution in [3.8, 4) is 11.1 Å². The predicted molar refractivity (Wildman–Crippen MR) is 140 cm³/mol. The Labute approximate surface area is 214 Å². The van der Waals surface area contributed by atoms with Gasteiger partial charge in [0.1, 0.15) is 12.4 Å². The summed E-state index contributed by atoms with van der Waals surface area (Å²) >= 11 is 0. The number of rotatable bonds is 14. The molecule has 0 spiro atoms. The molecule has 2 aliphatic rings. The summed E-state index contributed by atoms with van der Waals surface area (Å²) in [5, 5.41) is 9.21. The van der Waals surface area contributed by atoms with Crippen LogP contribution in [0.25, 0.3) is 11.1 Å². The number of fused-ring (bicyclic) bond motifs is 3. The molecule has 0 aromatic heterocycles. The maximum atomic E-state index is 12.4. The van der Waals surface area contributed by atoms with Crippen molar-refractivity contribution in [1.82, 2.24) is 0 Å². The van der Waals surface area contributed by atoms with Crippen LogP contribution in [-0.4, -0.2) is 29.4 Å². The minimum atomic E-state index is -0.791. The predicted octanol–water partition coefficient (Wildman–Crippen LogP) is 7.07. The fourth-order valence-corrected chi connectivity index (χ4v) is 6.18. The van der Waals surface area contributed by atoms with Crippen molar-refractivity contribution in [3.63, 3.8) is 0 Å². The van der Waals surface area contributed by atoms with Crippen LogP contribution in [0.4, 0.5) is 0 Å². The van der Waals surface area contributed by atoms with Crippen molar-refractivity contribution < 1.29 is 24.2 Å². The number of benzene rings is 2. The van der Waals surface area contributed by atoms with Crippen LogP contribution in [0.2, 0.25) is 0 Å². The van der Waals surface area contributed by atoms with Crippen LogP contribution in [0.3, 0.4) is 0 Å². The largest absolute Gasteiger partial charge is 0.481 e. The van der Waals surface area contributed by atoms with Crippen molar-refractivity contribution in [2.45, 2.75) is 89.4 Å². The van der Waals surface area contributed by atoms with E-state index in [2.05, 4.69) is 24.3 Å². The summed E-state index contributed by atoms with van der Waals surface area (Å²) in [6.07, 6.45) is 9.82. The van der Waals surface area contributed by atoms with Crippen LogP contribution in [0, 0.1) is 5.41 Å². The van der Waals surface area contributed by atoms with Gasteiger partial charge in [-0.25, -0.2) is 0 Å². The first-order valence-electron chi connectivity index (χ1n) is 13.5. The Morgan fingerprint density at radius 3 is 1.94 bits per heavy atom. The molecule has 5 heteroatoms. The number of carbonyl (C=O) groups excluding carboxylic acids is 2. The van der Waals surface area contributed by atoms with E-state index in [0.29, 0.717) is 25.9 Å². The summed E-state index contributed by atoms with van der Waals surface area (Å²) < 4.78 is 5.67. The third-order valence-electron chi connectivity index (χ3n) is 7.97. The van der Waals surface area contributed by atoms with Gasteiger partial charge in [-0.1, -0.05) is 80.6 Å². The highest BCUT2D eigenvalue weighted by atomic mass is 16.5. The van der Waals surface area contributed by atoms with Gasteiger partial charge < -0.3 is 9.84 Å². The Morgan fingerprint density at radius 1 is 0.778 bits per heavy atom. The number of hydrogen-bond acceptors (Lipinski definition) is 4. The summed E-state index contributed by atoms with van der Waals surface area (Å²) in [5.74, 6) is -0.636. The topological polar surface area (TPSA) is 80.7 Å². The van der Waals surface area contributed by atoms with Gasteiger partial charge in [0, 0.05) is 25.2 Å². The molecule has 0 amide bonds. The van der Waals surface area contributed by atoms with E-state index >= 15 is 0 Å². The highest BCUT2D eigenvalue weighted by molar-refractivity contribution is 5.80. The number of Topliss-reactive ketones (excluding diaryl/α,β-unsaturated/α-hetero) is 1. The molecule has 0 heterocycles. The first kappa shape index (κ1) is 26.1. The van der Waals surface area contributed by atoms with Gasteiger partial charge in [-0.15, -0.1) is 0 Å². The quantitative estimate of drug-likeness (QED) is 0.226. The third-order valence-corrected chi connectivity index (χ3v) is 7.97. The van der Waals surface area contributed by atoms with E-state index in [4.69, 9.17) is 4.74 Å². The average Bonchev–Trinajstić information content (AvgIpc) is 3.44. The number of carboxylic acids is 1. The van der Waals surface area contributed by atoms with Crippen LogP contribution >= 0.6 is 0 Å². The minimum absolute atomic E-state index is 0.0951. The van der Waals surface area contributed by atoms with E-state index in [1.165, 1.54) is 22.3 Å². The molecule has 1 fully saturated rings. The molecule has 2 aromatic carbocycles. The molecular weight excluding hydrogens is 452 g/mol. The van der Waals surface area contributed by atoms with Gasteiger partial charge in [0.2, 0.25) is 0 Å². The lowest BCUT2D eigenvalue weighted by molar-refractivity contribution is -0.144. The van der Waals surface area contributed by atoms with Gasteiger partial charge in [-0.2, -0.15) is 0 Å². The second kappa shape index (κ2) is 12.3. The molecule has 4 rings (SSSR count). The van der Waals surface area contributed by atoms with Gasteiger partial charge in [0.15, 0.2) is 0 Å². The average molecular weight is 491 g/mol. The Bertz CT molecular complexity index is 1020. The lowest BCUT2D eigenvalue weighted by Gasteiger charge is -2.26. The Balaban J connectivity index is 1.10. The van der Waals surface area contributed by atoms with Crippen molar-refractivity contribution in [3.05, 3.63) is 59.7 Å². The van der Waals surface area contributed by atoms with Gasteiger partial charge in [0.05, 0.1) is 6.42 Å². The third kappa shape index (κ3) is 6.63. The molecule has 0 saturated heterocycles. The molecule has 0 aliphatic heterocycles. The second-order valence-electron chi connectivity index (χ2n) is 10.7. The molecule has 1 saturated carbocycles. The summed E-state index contributed by atoms with van der Waals surface area (Å²) in [6.45, 7) is 0.373. The lowest BCUT2D eigenvalue weighted by Crippen LogP contribution is -2.24. The molecule has 36 heavy (non-hydrogen) atoms. The summed E-state index contributed by atoms with van der Waals surface area (Å²) in [6, 6.07) is 16.7. The van der Waals surface area contributed by atoms with Crippen LogP contribution in [-0.2, 0) is 19.1 Å². The molecule has 0 radical (unpaired) electrons. The van der Waals surface area contributed by atoms with Crippen LogP contribution in [0.15, 0.2) is 48.5 Å². The summed E-state index contributed by atoms with van der Waals surface area (Å²) in [7, 11) is 0. The van der Waals surface area contributed by atoms with Crippen molar-refractivity contribution in [2.24, 2.45) is 5.41 Å². The van der Waals surface area contributed by atoms with E-state index in [1.54, 1.807) is 0 Å². The summed E-state index contributed by atoms with van der Waals surface area (Å²) in [5.41, 5.74) is 4.61. The highest BCUT2D eigenvalue weighted by Gasteiger charge is 2.37. The normalized spacial score (nSPS) is 15.9. The molecule has 2 aliphatic carbocycles. The van der Waals surface area contributed by atoms with Gasteiger partial charge in [-0.05, 0) is 53.4 Å². The zero-order valence-corrected chi connectivity index (χ0v) is 21.2. The monoisotopic (exact) mass is 490 g/mol. The van der Waals surface area contributed by atoms with Gasteiger partial charge in [0.25, 0.3) is 0 Å². The van der Waals surface area contributed by atoms with Gasteiger partial charge in [-0.3, -0.25) is 14.4 Å². The maximum Gasteiger partial charge on any atom is 0.305 e.